The third-order valence-corrected chi connectivity index (χ3v) is 9.84. The van der Waals surface area contributed by atoms with Crippen LogP contribution in [0.4, 0.5) is 0 Å². The zero-order chi connectivity index (χ0) is 29.6. The molecule has 41 heavy (non-hydrogen) atoms. The Hall–Kier alpha value is -3.45. The number of esters is 1. The number of methoxy groups -OCH3 is 1. The maximum absolute atomic E-state index is 12.2. The van der Waals surface area contributed by atoms with Crippen LogP contribution in [0.15, 0.2) is 62.0 Å². The topological polar surface area (TPSA) is 90.9 Å². The molecule has 0 aromatic carbocycles. The van der Waals surface area contributed by atoms with Crippen molar-refractivity contribution in [1.29, 1.82) is 0 Å². The maximum Gasteiger partial charge on any atom is 0.305 e. The summed E-state index contributed by atoms with van der Waals surface area (Å²) in [5.41, 5.74) is 11.3. The summed E-state index contributed by atoms with van der Waals surface area (Å²) in [5.74, 6) is 0.100. The van der Waals surface area contributed by atoms with E-state index in [1.165, 1.54) is 29.4 Å². The smallest absolute Gasteiger partial charge is 0.305 e. The van der Waals surface area contributed by atoms with Gasteiger partial charge < -0.3 is 20.4 Å². The van der Waals surface area contributed by atoms with E-state index in [0.29, 0.717) is 12.8 Å². The maximum atomic E-state index is 12.2. The number of hydrogen-bond donors (Lipinski definition) is 3. The third-order valence-electron chi connectivity index (χ3n) is 9.84. The van der Waals surface area contributed by atoms with E-state index in [9.17, 15) is 4.79 Å². The second kappa shape index (κ2) is 11.1. The number of nitrogens with zero attached hydrogens (tertiary/aromatic N) is 2. The van der Waals surface area contributed by atoms with E-state index in [-0.39, 0.29) is 29.3 Å². The molecule has 0 saturated carbocycles. The molecular formula is C34H45N5O2. The van der Waals surface area contributed by atoms with Crippen molar-refractivity contribution in [2.75, 3.05) is 20.7 Å². The molecule has 0 saturated heterocycles. The fourth-order valence-electron chi connectivity index (χ4n) is 6.88. The molecule has 0 amide bonds. The van der Waals surface area contributed by atoms with E-state index in [2.05, 4.69) is 88.4 Å². The van der Waals surface area contributed by atoms with E-state index in [4.69, 9.17) is 14.7 Å². The number of allylic oxidation sites excluding steroid dienone is 4. The average Bonchev–Trinajstić information content (AvgIpc) is 3.62. The van der Waals surface area contributed by atoms with Crippen LogP contribution in [0.25, 0.3) is 11.6 Å². The monoisotopic (exact) mass is 555 g/mol. The zero-order valence-corrected chi connectivity index (χ0v) is 26.1. The van der Waals surface area contributed by atoms with Crippen LogP contribution in [0.1, 0.15) is 66.4 Å². The number of fused-ring (bicyclic) bond motifs is 6. The Bertz CT molecular complexity index is 1590. The Labute approximate surface area is 244 Å². The van der Waals surface area contributed by atoms with Crippen molar-refractivity contribution in [2.45, 2.75) is 73.8 Å². The number of rotatable bonds is 6. The minimum Gasteiger partial charge on any atom is -0.469 e. The van der Waals surface area contributed by atoms with Crippen LogP contribution in [0.3, 0.4) is 0 Å². The van der Waals surface area contributed by atoms with Gasteiger partial charge in [0.2, 0.25) is 0 Å². The Morgan fingerprint density at radius 2 is 1.90 bits per heavy atom. The molecule has 1 aromatic rings. The Balaban J connectivity index is 1.77. The molecule has 0 spiro atoms. The molecule has 0 fully saturated rings. The fourth-order valence-corrected chi connectivity index (χ4v) is 6.88. The highest BCUT2D eigenvalue weighted by atomic mass is 16.5. The number of aromatic nitrogens is 1. The van der Waals surface area contributed by atoms with Gasteiger partial charge in [0.1, 0.15) is 0 Å². The first-order valence-electron chi connectivity index (χ1n) is 14.9. The van der Waals surface area contributed by atoms with Gasteiger partial charge in [0.15, 0.2) is 0 Å². The van der Waals surface area contributed by atoms with Gasteiger partial charge in [-0.3, -0.25) is 9.79 Å². The summed E-state index contributed by atoms with van der Waals surface area (Å²) in [6, 6.07) is 2.28. The lowest BCUT2D eigenvalue weighted by Gasteiger charge is -2.31. The van der Waals surface area contributed by atoms with Gasteiger partial charge in [-0.1, -0.05) is 20.8 Å². The summed E-state index contributed by atoms with van der Waals surface area (Å²) in [4.78, 5) is 26.3. The third kappa shape index (κ3) is 4.99. The molecule has 5 rings (SSSR count). The summed E-state index contributed by atoms with van der Waals surface area (Å²) in [5, 5.41) is 9.42. The predicted octanol–water partition coefficient (Wildman–Crippen LogP) is 4.37. The van der Waals surface area contributed by atoms with Gasteiger partial charge in [-0.2, -0.15) is 0 Å². The van der Waals surface area contributed by atoms with Crippen LogP contribution >= 0.6 is 0 Å². The van der Waals surface area contributed by atoms with Gasteiger partial charge in [0, 0.05) is 58.0 Å². The predicted molar refractivity (Wildman–Crippen MR) is 168 cm³/mol. The molecule has 8 bridgehead atoms. The van der Waals surface area contributed by atoms with Crippen LogP contribution in [-0.2, 0) is 9.53 Å². The van der Waals surface area contributed by atoms with E-state index < -0.39 is 0 Å². The van der Waals surface area contributed by atoms with Gasteiger partial charge in [0.05, 0.1) is 24.6 Å². The Morgan fingerprint density at radius 1 is 1.15 bits per heavy atom. The van der Waals surface area contributed by atoms with Gasteiger partial charge >= 0.3 is 5.97 Å². The zero-order valence-electron chi connectivity index (χ0n) is 26.1. The molecule has 7 nitrogen and oxygen atoms in total. The number of hydrogen-bond acceptors (Lipinski definition) is 6. The summed E-state index contributed by atoms with van der Waals surface area (Å²) >= 11 is 0. The second-order valence-electron chi connectivity index (χ2n) is 12.2. The number of H-pyrrole nitrogens is 1. The van der Waals surface area contributed by atoms with Crippen molar-refractivity contribution in [3.63, 3.8) is 0 Å². The molecule has 0 radical (unpaired) electrons. The quantitative estimate of drug-likeness (QED) is 0.455. The molecule has 4 atom stereocenters. The Morgan fingerprint density at radius 3 is 2.59 bits per heavy atom. The minimum atomic E-state index is -0.182. The van der Waals surface area contributed by atoms with Crippen molar-refractivity contribution in [3.8, 4) is 0 Å². The Kier molecular flexibility index (Phi) is 7.86. The summed E-state index contributed by atoms with van der Waals surface area (Å²) in [7, 11) is 3.47. The van der Waals surface area contributed by atoms with Crippen molar-refractivity contribution >= 4 is 29.0 Å². The molecule has 3 N–H and O–H groups in total. The first kappa shape index (κ1) is 29.1. The lowest BCUT2D eigenvalue weighted by Crippen LogP contribution is -2.42. The van der Waals surface area contributed by atoms with E-state index >= 15 is 0 Å². The highest BCUT2D eigenvalue weighted by Gasteiger charge is 2.42. The lowest BCUT2D eigenvalue weighted by atomic mass is 9.77. The van der Waals surface area contributed by atoms with Crippen LogP contribution in [0, 0.1) is 24.2 Å². The van der Waals surface area contributed by atoms with Gasteiger partial charge in [-0.05, 0) is 99.7 Å². The van der Waals surface area contributed by atoms with E-state index in [0.717, 1.165) is 57.8 Å². The molecule has 1 aromatic heterocycles. The van der Waals surface area contributed by atoms with E-state index in [1.807, 2.05) is 7.05 Å². The number of ether oxygens (including phenoxy) is 1. The van der Waals surface area contributed by atoms with Gasteiger partial charge in [0.25, 0.3) is 0 Å². The molecule has 2 unspecified atom stereocenters. The van der Waals surface area contributed by atoms with Crippen molar-refractivity contribution in [3.05, 3.63) is 68.3 Å². The number of carbonyl (C=O) groups excluding carboxylic acids is 1. The fraction of sp³-hybridized carbons (Fsp3) is 0.500. The minimum absolute atomic E-state index is 0.0725. The molecule has 7 heteroatoms. The summed E-state index contributed by atoms with van der Waals surface area (Å²) in [6.45, 7) is 16.3. The standard InChI is InChI=1S/C34H45N5O2/c1-10-23-19(3)28-16-31-34(7,17-35-8)22(6)29(38-31)15-27-20(4)24(11-12-32(40)41-9)33(39-27)21(5)26-13-18(2)25(36-26)14-30(23)37-28/h13-16,20,24,31,35-36,38H,10-12,17H2,1-9H3/b25-14-,26-21-,27-15-,28-16-/t20-,24-,31?,34?/m0/s1. The lowest BCUT2D eigenvalue weighted by molar-refractivity contribution is -0.140. The van der Waals surface area contributed by atoms with Crippen LogP contribution in [0.2, 0.25) is 0 Å². The van der Waals surface area contributed by atoms with Crippen molar-refractivity contribution in [1.82, 2.24) is 15.6 Å². The number of aromatic amines is 1. The molecule has 0 aliphatic carbocycles. The van der Waals surface area contributed by atoms with Crippen molar-refractivity contribution in [2.24, 2.45) is 27.2 Å². The number of carbonyl (C=O) groups is 1. The van der Waals surface area contributed by atoms with Crippen LogP contribution < -0.4 is 21.3 Å². The van der Waals surface area contributed by atoms with Gasteiger partial charge in [-0.15, -0.1) is 0 Å². The van der Waals surface area contributed by atoms with Gasteiger partial charge in [-0.25, -0.2) is 4.99 Å². The molecule has 5 heterocycles. The highest BCUT2D eigenvalue weighted by Crippen LogP contribution is 2.43. The highest BCUT2D eigenvalue weighted by molar-refractivity contribution is 6.23. The van der Waals surface area contributed by atoms with Crippen LogP contribution in [-0.4, -0.2) is 49.1 Å². The number of nitrogens with one attached hydrogen (secondary N) is 3. The molecule has 4 aliphatic heterocycles. The summed E-state index contributed by atoms with van der Waals surface area (Å²) < 4.78 is 4.99. The SMILES string of the molecule is CCC1=C(C)/C2=C/C3NC(=C(C)C3(C)CNC)/C=C3N=C(/C(C)=c4/cc(C)/c([nH]4)=C/C1=N2)[C@@H](CCC(=O)OC)[C@@H]\3C. The molecule has 218 valence electrons. The number of aryl methyl sites for hydroxylation is 1. The van der Waals surface area contributed by atoms with Crippen molar-refractivity contribution < 1.29 is 9.53 Å². The molecular weight excluding hydrogens is 510 g/mol. The largest absolute Gasteiger partial charge is 0.469 e. The van der Waals surface area contributed by atoms with Crippen LogP contribution in [0.5, 0.6) is 0 Å². The second-order valence-corrected chi connectivity index (χ2v) is 12.2. The first-order chi connectivity index (χ1) is 19.5. The number of aliphatic imine (C=N–C) groups is 2. The normalized spacial score (nSPS) is 32.0. The first-order valence-corrected chi connectivity index (χ1v) is 14.9. The average molecular weight is 556 g/mol. The molecule has 4 aliphatic rings. The van der Waals surface area contributed by atoms with E-state index in [1.54, 1.807) is 0 Å². The summed E-state index contributed by atoms with van der Waals surface area (Å²) in [6.07, 6.45) is 8.75.